The van der Waals surface area contributed by atoms with Crippen LogP contribution in [0.5, 0.6) is 5.88 Å². The fourth-order valence-electron chi connectivity index (χ4n) is 2.13. The summed E-state index contributed by atoms with van der Waals surface area (Å²) in [5.74, 6) is -0.868. The van der Waals surface area contributed by atoms with Gasteiger partial charge in [-0.3, -0.25) is 4.79 Å². The van der Waals surface area contributed by atoms with E-state index in [2.05, 4.69) is 9.28 Å². The Balaban J connectivity index is 2.28. The van der Waals surface area contributed by atoms with E-state index >= 15 is 0 Å². The second-order valence-electron chi connectivity index (χ2n) is 5.03. The first kappa shape index (κ1) is 18.2. The molecule has 0 aliphatic heterocycles. The summed E-state index contributed by atoms with van der Waals surface area (Å²) in [6, 6.07) is 11.1. The first-order valence-corrected chi connectivity index (χ1v) is 8.67. The molecular weight excluding hydrogens is 397 g/mol. The molecule has 2 aromatic carbocycles. The zero-order chi connectivity index (χ0) is 19.1. The second-order valence-corrected chi connectivity index (χ2v) is 7.00. The molecule has 0 radical (unpaired) electrons. The van der Waals surface area contributed by atoms with Crippen LogP contribution < -0.4 is 9.74 Å². The maximum absolute atomic E-state index is 12.6. The van der Waals surface area contributed by atoms with Crippen molar-refractivity contribution in [2.24, 2.45) is 0 Å². The maximum Gasteiger partial charge on any atom is 0.534 e. The zero-order valence-electron chi connectivity index (χ0n) is 12.6. The van der Waals surface area contributed by atoms with Crippen molar-refractivity contribution < 1.29 is 25.8 Å². The fraction of sp³-hybridized carbons (Fsp3) is 0.0667. The van der Waals surface area contributed by atoms with Crippen LogP contribution in [0.15, 0.2) is 53.3 Å². The van der Waals surface area contributed by atoms with Crippen molar-refractivity contribution >= 4 is 32.5 Å². The van der Waals surface area contributed by atoms with Gasteiger partial charge in [0.2, 0.25) is 0 Å². The topological polar surface area (TPSA) is 78.3 Å². The zero-order valence-corrected chi connectivity index (χ0v) is 14.1. The summed E-state index contributed by atoms with van der Waals surface area (Å²) < 4.78 is 65.5. The molecule has 6 nitrogen and oxygen atoms in total. The summed E-state index contributed by atoms with van der Waals surface area (Å²) in [5, 5.41) is 3.78. The number of halogens is 4. The Morgan fingerprint density at radius 3 is 2.15 bits per heavy atom. The molecule has 0 amide bonds. The number of hydrogen-bond acceptors (Lipinski definition) is 5. The molecule has 3 aromatic rings. The minimum Gasteiger partial charge on any atom is -0.353 e. The van der Waals surface area contributed by atoms with Crippen LogP contribution >= 0.6 is 11.6 Å². The van der Waals surface area contributed by atoms with Crippen molar-refractivity contribution in [3.63, 3.8) is 0 Å². The Morgan fingerprint density at radius 1 is 1.00 bits per heavy atom. The summed E-state index contributed by atoms with van der Waals surface area (Å²) in [4.78, 5) is 12.6. The second kappa shape index (κ2) is 6.29. The van der Waals surface area contributed by atoms with E-state index in [-0.39, 0.29) is 16.5 Å². The van der Waals surface area contributed by atoms with Gasteiger partial charge in [-0.2, -0.15) is 26.3 Å². The van der Waals surface area contributed by atoms with E-state index in [1.54, 1.807) is 0 Å². The van der Waals surface area contributed by atoms with Crippen LogP contribution in [0.1, 0.15) is 0 Å². The van der Waals surface area contributed by atoms with Crippen molar-refractivity contribution in [2.45, 2.75) is 5.51 Å². The van der Waals surface area contributed by atoms with E-state index in [0.717, 1.165) is 4.68 Å². The first-order valence-electron chi connectivity index (χ1n) is 6.89. The summed E-state index contributed by atoms with van der Waals surface area (Å²) in [6.07, 6.45) is 0. The van der Waals surface area contributed by atoms with E-state index in [0.29, 0.717) is 5.02 Å². The molecule has 1 aromatic heterocycles. The number of hydrogen-bond donors (Lipinski definition) is 0. The van der Waals surface area contributed by atoms with Gasteiger partial charge in [-0.1, -0.05) is 23.7 Å². The molecule has 136 valence electrons. The molecule has 0 atom stereocenters. The molecule has 0 saturated heterocycles. The first-order chi connectivity index (χ1) is 12.1. The number of fused-ring (bicyclic) bond motifs is 1. The highest BCUT2D eigenvalue weighted by Crippen LogP contribution is 2.29. The Bertz CT molecular complexity index is 1140. The minimum absolute atomic E-state index is 0.0650. The summed E-state index contributed by atoms with van der Waals surface area (Å²) in [7, 11) is -5.96. The molecule has 11 heteroatoms. The molecule has 0 unspecified atom stereocenters. The molecule has 26 heavy (non-hydrogen) atoms. The van der Waals surface area contributed by atoms with Gasteiger partial charge in [0.1, 0.15) is 0 Å². The van der Waals surface area contributed by atoms with Gasteiger partial charge in [-0.25, -0.2) is 0 Å². The smallest absolute Gasteiger partial charge is 0.353 e. The van der Waals surface area contributed by atoms with Gasteiger partial charge in [0.25, 0.3) is 11.4 Å². The highest BCUT2D eigenvalue weighted by molar-refractivity contribution is 7.88. The average molecular weight is 405 g/mol. The number of nitrogens with zero attached hydrogens (tertiary/aromatic N) is 2. The van der Waals surface area contributed by atoms with Crippen LogP contribution in [0.25, 0.3) is 16.5 Å². The lowest BCUT2D eigenvalue weighted by Gasteiger charge is -2.13. The molecule has 0 fully saturated rings. The monoisotopic (exact) mass is 404 g/mol. The van der Waals surface area contributed by atoms with Gasteiger partial charge in [0.05, 0.1) is 16.5 Å². The lowest BCUT2D eigenvalue weighted by Crippen LogP contribution is -2.30. The van der Waals surface area contributed by atoms with E-state index in [1.807, 2.05) is 0 Å². The van der Waals surface area contributed by atoms with Crippen LogP contribution in [-0.4, -0.2) is 23.7 Å². The predicted octanol–water partition coefficient (Wildman–Crippen LogP) is 3.27. The predicted molar refractivity (Wildman–Crippen MR) is 88.0 cm³/mol. The number of rotatable bonds is 3. The standard InChI is InChI=1S/C15H8ClF3N2O4S/c16-9-5-7-10(8-6-9)21-14(22)12-4-2-1-3-11(12)13(20-21)25-26(23,24)15(17,18)19/h1-8H. The SMILES string of the molecule is O=c1c2ccccc2c(OS(=O)(=O)C(F)(F)F)nn1-c1ccc(Cl)cc1. The molecule has 3 rings (SSSR count). The quantitative estimate of drug-likeness (QED) is 0.494. The number of alkyl halides is 3. The third-order valence-corrected chi connectivity index (χ3v) is 4.51. The largest absolute Gasteiger partial charge is 0.534 e. The van der Waals surface area contributed by atoms with Crippen molar-refractivity contribution in [3.05, 3.63) is 63.9 Å². The Labute approximate surface area is 149 Å². The lowest BCUT2D eigenvalue weighted by atomic mass is 10.2. The molecule has 1 heterocycles. The maximum atomic E-state index is 12.6. The molecule has 0 bridgehead atoms. The summed E-state index contributed by atoms with van der Waals surface area (Å²) in [6.45, 7) is 0. The lowest BCUT2D eigenvalue weighted by molar-refractivity contribution is -0.0501. The molecule has 0 aliphatic carbocycles. The fourth-order valence-corrected chi connectivity index (χ4v) is 2.68. The van der Waals surface area contributed by atoms with E-state index < -0.39 is 27.1 Å². The molecule has 0 saturated carbocycles. The van der Waals surface area contributed by atoms with Crippen LogP contribution in [-0.2, 0) is 10.1 Å². The third-order valence-electron chi connectivity index (χ3n) is 3.31. The van der Waals surface area contributed by atoms with Gasteiger partial charge < -0.3 is 4.18 Å². The van der Waals surface area contributed by atoms with Crippen molar-refractivity contribution in [1.29, 1.82) is 0 Å². The van der Waals surface area contributed by atoms with Gasteiger partial charge in [-0.05, 0) is 36.4 Å². The van der Waals surface area contributed by atoms with Crippen molar-refractivity contribution in [2.75, 3.05) is 0 Å². The van der Waals surface area contributed by atoms with Gasteiger partial charge in [0, 0.05) is 5.02 Å². The molecule has 0 aliphatic rings. The number of benzene rings is 2. The van der Waals surface area contributed by atoms with Crippen LogP contribution in [0.2, 0.25) is 5.02 Å². The van der Waals surface area contributed by atoms with E-state index in [4.69, 9.17) is 11.6 Å². The molecular formula is C15H8ClF3N2O4S. The van der Waals surface area contributed by atoms with Crippen LogP contribution in [0.4, 0.5) is 13.2 Å². The Hall–Kier alpha value is -2.59. The van der Waals surface area contributed by atoms with Crippen LogP contribution in [0, 0.1) is 0 Å². The minimum atomic E-state index is -5.96. The van der Waals surface area contributed by atoms with Gasteiger partial charge in [-0.15, -0.1) is 5.10 Å². The van der Waals surface area contributed by atoms with Crippen molar-refractivity contribution in [3.8, 4) is 11.6 Å². The summed E-state index contributed by atoms with van der Waals surface area (Å²) >= 11 is 5.77. The Morgan fingerprint density at radius 2 is 1.58 bits per heavy atom. The third kappa shape index (κ3) is 3.25. The normalized spacial score (nSPS) is 12.3. The van der Waals surface area contributed by atoms with E-state index in [9.17, 15) is 26.4 Å². The number of aromatic nitrogens is 2. The highest BCUT2D eigenvalue weighted by atomic mass is 35.5. The molecule has 0 spiro atoms. The van der Waals surface area contributed by atoms with Gasteiger partial charge >= 0.3 is 15.6 Å². The van der Waals surface area contributed by atoms with E-state index in [1.165, 1.54) is 48.5 Å². The Kier molecular flexibility index (Phi) is 4.41. The van der Waals surface area contributed by atoms with Crippen LogP contribution in [0.3, 0.4) is 0 Å². The summed E-state index contributed by atoms with van der Waals surface area (Å²) in [5.41, 5.74) is -6.14. The van der Waals surface area contributed by atoms with Crippen molar-refractivity contribution in [1.82, 2.24) is 9.78 Å². The molecule has 0 N–H and O–H groups in total. The highest BCUT2D eigenvalue weighted by Gasteiger charge is 2.49. The van der Waals surface area contributed by atoms with Gasteiger partial charge in [0.15, 0.2) is 0 Å². The average Bonchev–Trinajstić information content (AvgIpc) is 2.57.